The van der Waals surface area contributed by atoms with E-state index in [4.69, 9.17) is 4.52 Å². The third-order valence-corrected chi connectivity index (χ3v) is 5.03. The number of amides is 1. The van der Waals surface area contributed by atoms with Gasteiger partial charge in [-0.25, -0.2) is 0 Å². The molecule has 0 fully saturated rings. The number of hydrogen-bond acceptors (Lipinski definition) is 5. The van der Waals surface area contributed by atoms with E-state index in [0.717, 1.165) is 36.1 Å². The Kier molecular flexibility index (Phi) is 4.06. The Morgan fingerprint density at radius 2 is 2.27 bits per heavy atom. The van der Waals surface area contributed by atoms with Crippen LogP contribution in [0.3, 0.4) is 0 Å². The number of benzene rings is 1. The predicted molar refractivity (Wildman–Crippen MR) is 95.6 cm³/mol. The van der Waals surface area contributed by atoms with E-state index < -0.39 is 0 Å². The average molecular weight is 351 g/mol. The van der Waals surface area contributed by atoms with Crippen molar-refractivity contribution in [1.82, 2.24) is 25.2 Å². The van der Waals surface area contributed by atoms with Gasteiger partial charge in [-0.2, -0.15) is 10.1 Å². The minimum absolute atomic E-state index is 0.0163. The molecule has 7 heteroatoms. The molecule has 0 aliphatic heterocycles. The molecule has 1 aliphatic rings. The van der Waals surface area contributed by atoms with Gasteiger partial charge in [-0.15, -0.1) is 0 Å². The normalized spacial score (nSPS) is 15.9. The molecule has 3 aromatic rings. The molecule has 26 heavy (non-hydrogen) atoms. The van der Waals surface area contributed by atoms with Crippen molar-refractivity contribution in [2.24, 2.45) is 7.05 Å². The Bertz CT molecular complexity index is 972. The lowest BCUT2D eigenvalue weighted by Crippen LogP contribution is -2.27. The fourth-order valence-corrected chi connectivity index (χ4v) is 3.38. The molecule has 1 aliphatic carbocycles. The van der Waals surface area contributed by atoms with E-state index in [9.17, 15) is 4.79 Å². The Morgan fingerprint density at radius 3 is 2.96 bits per heavy atom. The maximum atomic E-state index is 12.6. The standard InChI is InChI=1S/C19H21N5O2/c1-4-17-22-18(23-26-17)13-5-7-14-12(9-13)6-8-16(14)21-19(25)15-10-20-24(3)11(15)2/h5,7,9-10,16H,4,6,8H2,1-3H3,(H,21,25). The predicted octanol–water partition coefficient (Wildman–Crippen LogP) is 2.76. The van der Waals surface area contributed by atoms with Crippen LogP contribution in [0.1, 0.15) is 52.5 Å². The largest absolute Gasteiger partial charge is 0.345 e. The second kappa shape index (κ2) is 6.40. The Morgan fingerprint density at radius 1 is 1.42 bits per heavy atom. The van der Waals surface area contributed by atoms with Crippen LogP contribution in [-0.2, 0) is 19.9 Å². The molecule has 0 saturated carbocycles. The molecule has 7 nitrogen and oxygen atoms in total. The molecular weight excluding hydrogens is 330 g/mol. The van der Waals surface area contributed by atoms with Gasteiger partial charge in [0.05, 0.1) is 17.8 Å². The summed E-state index contributed by atoms with van der Waals surface area (Å²) in [5, 5.41) is 11.3. The quantitative estimate of drug-likeness (QED) is 0.781. The van der Waals surface area contributed by atoms with Crippen molar-refractivity contribution in [2.45, 2.75) is 39.2 Å². The molecule has 1 atom stereocenters. The third-order valence-electron chi connectivity index (χ3n) is 5.03. The van der Waals surface area contributed by atoms with Gasteiger partial charge in [-0.3, -0.25) is 9.48 Å². The number of aryl methyl sites for hydroxylation is 3. The molecule has 0 spiro atoms. The number of nitrogens with one attached hydrogen (secondary N) is 1. The zero-order valence-corrected chi connectivity index (χ0v) is 15.1. The van der Waals surface area contributed by atoms with Crippen molar-refractivity contribution in [3.05, 3.63) is 52.7 Å². The summed E-state index contributed by atoms with van der Waals surface area (Å²) in [6.07, 6.45) is 4.14. The first-order chi connectivity index (χ1) is 12.6. The summed E-state index contributed by atoms with van der Waals surface area (Å²) in [6, 6.07) is 6.16. The second-order valence-electron chi connectivity index (χ2n) is 6.61. The van der Waals surface area contributed by atoms with Crippen LogP contribution in [0.2, 0.25) is 0 Å². The van der Waals surface area contributed by atoms with Crippen molar-refractivity contribution in [1.29, 1.82) is 0 Å². The summed E-state index contributed by atoms with van der Waals surface area (Å²) >= 11 is 0. The van der Waals surface area contributed by atoms with Gasteiger partial charge < -0.3 is 9.84 Å². The minimum atomic E-state index is -0.0803. The van der Waals surface area contributed by atoms with Crippen LogP contribution in [-0.4, -0.2) is 25.8 Å². The highest BCUT2D eigenvalue weighted by Crippen LogP contribution is 2.34. The van der Waals surface area contributed by atoms with Gasteiger partial charge in [0.25, 0.3) is 5.91 Å². The third kappa shape index (κ3) is 2.79. The zero-order chi connectivity index (χ0) is 18.3. The molecule has 1 N–H and O–H groups in total. The fraction of sp³-hybridized carbons (Fsp3) is 0.368. The molecule has 4 rings (SSSR count). The summed E-state index contributed by atoms with van der Waals surface area (Å²) in [6.45, 7) is 3.88. The van der Waals surface area contributed by atoms with Gasteiger partial charge in [-0.1, -0.05) is 24.2 Å². The first-order valence-corrected chi connectivity index (χ1v) is 8.82. The van der Waals surface area contributed by atoms with E-state index in [2.05, 4.69) is 32.7 Å². The number of aromatic nitrogens is 4. The highest BCUT2D eigenvalue weighted by Gasteiger charge is 2.26. The first-order valence-electron chi connectivity index (χ1n) is 8.82. The van der Waals surface area contributed by atoms with E-state index in [1.807, 2.05) is 27.0 Å². The highest BCUT2D eigenvalue weighted by molar-refractivity contribution is 5.95. The molecule has 1 aromatic carbocycles. The average Bonchev–Trinajstić information content (AvgIpc) is 3.35. The molecule has 2 heterocycles. The van der Waals surface area contributed by atoms with E-state index >= 15 is 0 Å². The van der Waals surface area contributed by atoms with Crippen LogP contribution < -0.4 is 5.32 Å². The Hall–Kier alpha value is -2.96. The van der Waals surface area contributed by atoms with Crippen LogP contribution in [0.5, 0.6) is 0 Å². The van der Waals surface area contributed by atoms with Crippen LogP contribution in [0.4, 0.5) is 0 Å². The number of carbonyl (C=O) groups is 1. The Balaban J connectivity index is 1.54. The molecule has 0 radical (unpaired) electrons. The zero-order valence-electron chi connectivity index (χ0n) is 15.1. The van der Waals surface area contributed by atoms with Gasteiger partial charge in [0.1, 0.15) is 0 Å². The number of carbonyl (C=O) groups excluding carboxylic acids is 1. The molecule has 2 aromatic heterocycles. The molecule has 1 amide bonds. The molecule has 0 saturated heterocycles. The van der Waals surface area contributed by atoms with Crippen LogP contribution in [0, 0.1) is 6.92 Å². The van der Waals surface area contributed by atoms with Gasteiger partial charge in [0, 0.05) is 24.7 Å². The summed E-state index contributed by atoms with van der Waals surface area (Å²) in [5.41, 5.74) is 4.81. The van der Waals surface area contributed by atoms with Crippen molar-refractivity contribution < 1.29 is 9.32 Å². The van der Waals surface area contributed by atoms with Crippen molar-refractivity contribution in [3.8, 4) is 11.4 Å². The first kappa shape index (κ1) is 16.5. The molecule has 0 bridgehead atoms. The Labute approximate surface area is 151 Å². The lowest BCUT2D eigenvalue weighted by Gasteiger charge is -2.14. The summed E-state index contributed by atoms with van der Waals surface area (Å²) in [7, 11) is 1.83. The number of fused-ring (bicyclic) bond motifs is 1. The fourth-order valence-electron chi connectivity index (χ4n) is 3.38. The SMILES string of the molecule is CCc1nc(-c2ccc3c(c2)CCC3NC(=O)c2cnn(C)c2C)no1. The number of rotatable bonds is 4. The van der Waals surface area contributed by atoms with Gasteiger partial charge in [0.15, 0.2) is 0 Å². The molecule has 134 valence electrons. The summed E-state index contributed by atoms with van der Waals surface area (Å²) in [4.78, 5) is 17.0. The van der Waals surface area contributed by atoms with Gasteiger partial charge in [0.2, 0.25) is 11.7 Å². The monoisotopic (exact) mass is 351 g/mol. The van der Waals surface area contributed by atoms with Crippen LogP contribution in [0.25, 0.3) is 11.4 Å². The van der Waals surface area contributed by atoms with E-state index in [0.29, 0.717) is 17.3 Å². The maximum absolute atomic E-state index is 12.6. The smallest absolute Gasteiger partial charge is 0.255 e. The summed E-state index contributed by atoms with van der Waals surface area (Å²) < 4.78 is 6.91. The van der Waals surface area contributed by atoms with Gasteiger partial charge in [-0.05, 0) is 37.0 Å². The molecule has 1 unspecified atom stereocenters. The van der Waals surface area contributed by atoms with E-state index in [-0.39, 0.29) is 11.9 Å². The van der Waals surface area contributed by atoms with Crippen LogP contribution in [0.15, 0.2) is 28.9 Å². The summed E-state index contributed by atoms with van der Waals surface area (Å²) in [5.74, 6) is 1.17. The van der Waals surface area contributed by atoms with Crippen molar-refractivity contribution >= 4 is 5.91 Å². The maximum Gasteiger partial charge on any atom is 0.255 e. The van der Waals surface area contributed by atoms with Crippen molar-refractivity contribution in [3.63, 3.8) is 0 Å². The lowest BCUT2D eigenvalue weighted by molar-refractivity contribution is 0.0936. The molecular formula is C19H21N5O2. The minimum Gasteiger partial charge on any atom is -0.345 e. The lowest BCUT2D eigenvalue weighted by atomic mass is 10.0. The van der Waals surface area contributed by atoms with Crippen LogP contribution >= 0.6 is 0 Å². The number of nitrogens with zero attached hydrogens (tertiary/aromatic N) is 4. The topological polar surface area (TPSA) is 85.8 Å². The van der Waals surface area contributed by atoms with E-state index in [1.54, 1.807) is 10.9 Å². The van der Waals surface area contributed by atoms with Crippen molar-refractivity contribution in [2.75, 3.05) is 0 Å². The number of hydrogen-bond donors (Lipinski definition) is 1. The van der Waals surface area contributed by atoms with Gasteiger partial charge >= 0.3 is 0 Å². The second-order valence-corrected chi connectivity index (χ2v) is 6.61. The highest BCUT2D eigenvalue weighted by atomic mass is 16.5. The van der Waals surface area contributed by atoms with E-state index in [1.165, 1.54) is 5.56 Å².